The standard InChI is InChI=1S/C14H21N3O4/c1-10(2)9-16(6-7-21-3)14(18)11-4-5-12(15)13(8-11)17(19)20/h4-5,8,10H,6-7,9,15H2,1-3H3. The van der Waals surface area contributed by atoms with Crippen LogP contribution < -0.4 is 5.73 Å². The molecule has 0 atom stereocenters. The SMILES string of the molecule is COCCN(CC(C)C)C(=O)c1ccc(N)c([N+](=O)[O-])c1. The zero-order valence-electron chi connectivity index (χ0n) is 12.5. The van der Waals surface area contributed by atoms with Crippen LogP contribution in [0.4, 0.5) is 11.4 Å². The number of carbonyl (C=O) groups excluding carboxylic acids is 1. The van der Waals surface area contributed by atoms with Gasteiger partial charge in [-0.15, -0.1) is 0 Å². The highest BCUT2D eigenvalue weighted by Crippen LogP contribution is 2.23. The summed E-state index contributed by atoms with van der Waals surface area (Å²) in [6.07, 6.45) is 0. The molecular formula is C14H21N3O4. The molecule has 0 saturated heterocycles. The van der Waals surface area contributed by atoms with Gasteiger partial charge in [0.2, 0.25) is 0 Å². The summed E-state index contributed by atoms with van der Waals surface area (Å²) in [6, 6.07) is 4.11. The molecule has 1 aromatic carbocycles. The minimum atomic E-state index is -0.589. The predicted octanol–water partition coefficient (Wildman–Crippen LogP) is 1.92. The Bertz CT molecular complexity index is 517. The fraction of sp³-hybridized carbons (Fsp3) is 0.500. The van der Waals surface area contributed by atoms with Gasteiger partial charge in [0, 0.05) is 31.8 Å². The summed E-state index contributed by atoms with van der Waals surface area (Å²) < 4.78 is 5.00. The average molecular weight is 295 g/mol. The first-order valence-electron chi connectivity index (χ1n) is 6.69. The second kappa shape index (κ2) is 7.58. The van der Waals surface area contributed by atoms with E-state index in [2.05, 4.69) is 0 Å². The summed E-state index contributed by atoms with van der Waals surface area (Å²) in [5.41, 5.74) is 5.59. The van der Waals surface area contributed by atoms with Crippen LogP contribution in [0.5, 0.6) is 0 Å². The summed E-state index contributed by atoms with van der Waals surface area (Å²) in [6.45, 7) is 5.40. The van der Waals surface area contributed by atoms with Crippen molar-refractivity contribution >= 4 is 17.3 Å². The fourth-order valence-electron chi connectivity index (χ4n) is 1.94. The third-order valence-corrected chi connectivity index (χ3v) is 2.91. The molecule has 0 aliphatic carbocycles. The molecule has 0 heterocycles. The van der Waals surface area contributed by atoms with Gasteiger partial charge in [0.1, 0.15) is 5.69 Å². The van der Waals surface area contributed by atoms with Crippen molar-refractivity contribution < 1.29 is 14.5 Å². The predicted molar refractivity (Wildman–Crippen MR) is 80.1 cm³/mol. The van der Waals surface area contributed by atoms with Crippen molar-refractivity contribution in [2.75, 3.05) is 32.5 Å². The van der Waals surface area contributed by atoms with Gasteiger partial charge >= 0.3 is 0 Å². The Balaban J connectivity index is 3.02. The molecule has 1 aromatic rings. The molecule has 21 heavy (non-hydrogen) atoms. The lowest BCUT2D eigenvalue weighted by Gasteiger charge is -2.24. The largest absolute Gasteiger partial charge is 0.393 e. The molecule has 0 saturated carbocycles. The minimum Gasteiger partial charge on any atom is -0.393 e. The molecule has 0 aromatic heterocycles. The summed E-state index contributed by atoms with van der Waals surface area (Å²) in [4.78, 5) is 24.4. The quantitative estimate of drug-likeness (QED) is 0.470. The van der Waals surface area contributed by atoms with E-state index in [4.69, 9.17) is 10.5 Å². The molecule has 0 aliphatic rings. The maximum atomic E-state index is 12.5. The first kappa shape index (κ1) is 16.9. The normalized spacial score (nSPS) is 10.7. The molecular weight excluding hydrogens is 274 g/mol. The van der Waals surface area contributed by atoms with Crippen molar-refractivity contribution in [1.82, 2.24) is 4.90 Å². The van der Waals surface area contributed by atoms with Crippen LogP contribution in [0.15, 0.2) is 18.2 Å². The number of anilines is 1. The number of nitrogens with zero attached hydrogens (tertiary/aromatic N) is 2. The highest BCUT2D eigenvalue weighted by molar-refractivity contribution is 5.95. The van der Waals surface area contributed by atoms with Crippen LogP contribution in [0.3, 0.4) is 0 Å². The number of hydrogen-bond donors (Lipinski definition) is 1. The maximum absolute atomic E-state index is 12.5. The number of carbonyl (C=O) groups is 1. The number of benzene rings is 1. The van der Waals surface area contributed by atoms with E-state index in [1.54, 1.807) is 12.0 Å². The Morgan fingerprint density at radius 2 is 2.14 bits per heavy atom. The zero-order valence-corrected chi connectivity index (χ0v) is 12.5. The van der Waals surface area contributed by atoms with Crippen molar-refractivity contribution in [2.24, 2.45) is 5.92 Å². The van der Waals surface area contributed by atoms with Gasteiger partial charge in [-0.3, -0.25) is 14.9 Å². The molecule has 7 heteroatoms. The van der Waals surface area contributed by atoms with Gasteiger partial charge in [-0.1, -0.05) is 13.8 Å². The van der Waals surface area contributed by atoms with E-state index < -0.39 is 4.92 Å². The summed E-state index contributed by atoms with van der Waals surface area (Å²) in [5, 5.41) is 10.9. The molecule has 0 spiro atoms. The van der Waals surface area contributed by atoms with Gasteiger partial charge < -0.3 is 15.4 Å². The number of nitro groups is 1. The van der Waals surface area contributed by atoms with Gasteiger partial charge in [0.05, 0.1) is 11.5 Å². The molecule has 0 unspecified atom stereocenters. The third kappa shape index (κ3) is 4.71. The second-order valence-electron chi connectivity index (χ2n) is 5.17. The number of nitro benzene ring substituents is 1. The van der Waals surface area contributed by atoms with Crippen molar-refractivity contribution in [3.05, 3.63) is 33.9 Å². The van der Waals surface area contributed by atoms with Crippen LogP contribution in [0.1, 0.15) is 24.2 Å². The third-order valence-electron chi connectivity index (χ3n) is 2.91. The highest BCUT2D eigenvalue weighted by Gasteiger charge is 2.20. The Morgan fingerprint density at radius 1 is 1.48 bits per heavy atom. The van der Waals surface area contributed by atoms with E-state index in [9.17, 15) is 14.9 Å². The average Bonchev–Trinajstić information content (AvgIpc) is 2.42. The molecule has 0 bridgehead atoms. The maximum Gasteiger partial charge on any atom is 0.292 e. The lowest BCUT2D eigenvalue weighted by Crippen LogP contribution is -2.36. The minimum absolute atomic E-state index is 0.0452. The number of hydrogen-bond acceptors (Lipinski definition) is 5. The zero-order chi connectivity index (χ0) is 16.0. The first-order valence-corrected chi connectivity index (χ1v) is 6.69. The molecule has 1 rings (SSSR count). The van der Waals surface area contributed by atoms with Gasteiger partial charge in [-0.2, -0.15) is 0 Å². The van der Waals surface area contributed by atoms with Crippen LogP contribution in [0.2, 0.25) is 0 Å². The van der Waals surface area contributed by atoms with E-state index in [0.717, 1.165) is 0 Å². The van der Waals surface area contributed by atoms with Gasteiger partial charge in [0.25, 0.3) is 11.6 Å². The summed E-state index contributed by atoms with van der Waals surface area (Å²) in [5.74, 6) is 0.0263. The smallest absolute Gasteiger partial charge is 0.292 e. The first-order chi connectivity index (χ1) is 9.86. The number of rotatable bonds is 7. The topological polar surface area (TPSA) is 98.7 Å². The number of methoxy groups -OCH3 is 1. The van der Waals surface area contributed by atoms with Crippen LogP contribution in [0.25, 0.3) is 0 Å². The molecule has 2 N–H and O–H groups in total. The Morgan fingerprint density at radius 3 is 2.67 bits per heavy atom. The van der Waals surface area contributed by atoms with Crippen LogP contribution in [0, 0.1) is 16.0 Å². The highest BCUT2D eigenvalue weighted by atomic mass is 16.6. The van der Waals surface area contributed by atoms with Gasteiger partial charge in [-0.05, 0) is 18.1 Å². The van der Waals surface area contributed by atoms with Gasteiger partial charge in [0.15, 0.2) is 0 Å². The monoisotopic (exact) mass is 295 g/mol. The van der Waals surface area contributed by atoms with E-state index >= 15 is 0 Å². The lowest BCUT2D eigenvalue weighted by molar-refractivity contribution is -0.383. The van der Waals surface area contributed by atoms with Crippen molar-refractivity contribution in [2.45, 2.75) is 13.8 Å². The number of nitrogen functional groups attached to an aromatic ring is 1. The lowest BCUT2D eigenvalue weighted by atomic mass is 10.1. The van der Waals surface area contributed by atoms with Crippen molar-refractivity contribution in [3.8, 4) is 0 Å². The number of ether oxygens (including phenoxy) is 1. The molecule has 0 radical (unpaired) electrons. The van der Waals surface area contributed by atoms with Gasteiger partial charge in [-0.25, -0.2) is 0 Å². The van der Waals surface area contributed by atoms with Crippen molar-refractivity contribution in [3.63, 3.8) is 0 Å². The Hall–Kier alpha value is -2.15. The second-order valence-corrected chi connectivity index (χ2v) is 5.17. The van der Waals surface area contributed by atoms with E-state index in [-0.39, 0.29) is 28.8 Å². The van der Waals surface area contributed by atoms with Crippen LogP contribution >= 0.6 is 0 Å². The van der Waals surface area contributed by atoms with Crippen LogP contribution in [-0.4, -0.2) is 42.5 Å². The van der Waals surface area contributed by atoms with E-state index in [1.165, 1.54) is 18.2 Å². The molecule has 116 valence electrons. The Labute approximate surface area is 123 Å². The fourth-order valence-corrected chi connectivity index (χ4v) is 1.94. The summed E-state index contributed by atoms with van der Waals surface area (Å²) >= 11 is 0. The molecule has 1 amide bonds. The molecule has 0 fully saturated rings. The Kier molecular flexibility index (Phi) is 6.10. The number of amides is 1. The summed E-state index contributed by atoms with van der Waals surface area (Å²) in [7, 11) is 1.56. The van der Waals surface area contributed by atoms with Crippen LogP contribution in [-0.2, 0) is 4.74 Å². The molecule has 0 aliphatic heterocycles. The van der Waals surface area contributed by atoms with E-state index in [1.807, 2.05) is 13.8 Å². The van der Waals surface area contributed by atoms with Crippen molar-refractivity contribution in [1.29, 1.82) is 0 Å². The number of nitrogens with two attached hydrogens (primary N) is 1. The molecule has 7 nitrogen and oxygen atoms in total. The van der Waals surface area contributed by atoms with E-state index in [0.29, 0.717) is 19.7 Å².